The number of methoxy groups -OCH3 is 1. The molecule has 3 aromatic rings. The van der Waals surface area contributed by atoms with E-state index >= 15 is 0 Å². The van der Waals surface area contributed by atoms with Crippen LogP contribution in [0.1, 0.15) is 42.1 Å². The molecule has 1 aliphatic carbocycles. The molecule has 1 aromatic carbocycles. The molecule has 2 heterocycles. The zero-order valence-electron chi connectivity index (χ0n) is 16.1. The van der Waals surface area contributed by atoms with Crippen LogP contribution < -0.4 is 10.1 Å². The average Bonchev–Trinajstić information content (AvgIpc) is 3.25. The summed E-state index contributed by atoms with van der Waals surface area (Å²) >= 11 is 6.13. The molecule has 8 heteroatoms. The highest BCUT2D eigenvalue weighted by atomic mass is 35.5. The van der Waals surface area contributed by atoms with E-state index in [2.05, 4.69) is 20.4 Å². The normalized spacial score (nSPS) is 19.0. The highest BCUT2D eigenvalue weighted by Crippen LogP contribution is 2.30. The molecule has 0 spiro atoms. The number of amides is 1. The third-order valence-electron chi connectivity index (χ3n) is 5.28. The molecule has 4 rings (SSSR count). The fourth-order valence-electron chi connectivity index (χ4n) is 3.68. The molecule has 0 saturated heterocycles. The van der Waals surface area contributed by atoms with E-state index in [0.29, 0.717) is 22.4 Å². The van der Waals surface area contributed by atoms with E-state index in [1.54, 1.807) is 43.9 Å². The fraction of sp³-hybridized carbons (Fsp3) is 0.333. The predicted octanol–water partition coefficient (Wildman–Crippen LogP) is 3.92. The van der Waals surface area contributed by atoms with Crippen molar-refractivity contribution in [3.63, 3.8) is 0 Å². The zero-order valence-corrected chi connectivity index (χ0v) is 16.8. The summed E-state index contributed by atoms with van der Waals surface area (Å²) in [4.78, 5) is 21.0. The molecule has 0 aliphatic heterocycles. The Labute approximate surface area is 174 Å². The van der Waals surface area contributed by atoms with Gasteiger partial charge in [-0.05, 0) is 43.9 Å². The van der Waals surface area contributed by atoms with Crippen LogP contribution >= 0.6 is 11.6 Å². The Hall–Kier alpha value is -2.93. The molecule has 1 N–H and O–H groups in total. The first-order valence-corrected chi connectivity index (χ1v) is 9.97. The highest BCUT2D eigenvalue weighted by molar-refractivity contribution is 6.32. The minimum absolute atomic E-state index is 0.109. The molecule has 0 radical (unpaired) electrons. The molecule has 29 heavy (non-hydrogen) atoms. The van der Waals surface area contributed by atoms with Crippen molar-refractivity contribution >= 4 is 17.5 Å². The van der Waals surface area contributed by atoms with Gasteiger partial charge in [-0.1, -0.05) is 11.6 Å². The molecule has 1 aliphatic rings. The molecule has 0 unspecified atom stereocenters. The van der Waals surface area contributed by atoms with E-state index in [9.17, 15) is 4.79 Å². The first kappa shape index (κ1) is 19.4. The number of benzene rings is 1. The Morgan fingerprint density at radius 2 is 2.03 bits per heavy atom. The second-order valence-electron chi connectivity index (χ2n) is 7.13. The third-order valence-corrected chi connectivity index (χ3v) is 5.58. The Morgan fingerprint density at radius 1 is 1.21 bits per heavy atom. The van der Waals surface area contributed by atoms with E-state index in [-0.39, 0.29) is 11.9 Å². The van der Waals surface area contributed by atoms with Gasteiger partial charge in [-0.2, -0.15) is 5.10 Å². The van der Waals surface area contributed by atoms with Crippen molar-refractivity contribution in [1.82, 2.24) is 25.1 Å². The monoisotopic (exact) mass is 411 g/mol. The number of halogens is 1. The number of hydrogen-bond acceptors (Lipinski definition) is 5. The van der Waals surface area contributed by atoms with E-state index < -0.39 is 0 Å². The van der Waals surface area contributed by atoms with E-state index in [4.69, 9.17) is 16.3 Å². The van der Waals surface area contributed by atoms with Crippen molar-refractivity contribution in [3.05, 3.63) is 59.8 Å². The lowest BCUT2D eigenvalue weighted by Gasteiger charge is -2.29. The Morgan fingerprint density at radius 3 is 2.72 bits per heavy atom. The number of hydrogen-bond donors (Lipinski definition) is 1. The molecule has 1 amide bonds. The number of ether oxygens (including phenoxy) is 1. The van der Waals surface area contributed by atoms with Crippen molar-refractivity contribution in [3.8, 4) is 17.0 Å². The van der Waals surface area contributed by atoms with Crippen LogP contribution in [0.15, 0.2) is 49.2 Å². The van der Waals surface area contributed by atoms with Crippen LogP contribution in [0.4, 0.5) is 0 Å². The Kier molecular flexibility index (Phi) is 5.76. The van der Waals surface area contributed by atoms with Gasteiger partial charge in [0.15, 0.2) is 0 Å². The summed E-state index contributed by atoms with van der Waals surface area (Å²) in [5.74, 6) is 0.450. The lowest BCUT2D eigenvalue weighted by Crippen LogP contribution is -2.38. The molecule has 1 saturated carbocycles. The number of carbonyl (C=O) groups excluding carboxylic acids is 1. The standard InChI is InChI=1S/C21H22ClN5O2/c1-29-20-7-2-14(10-18(20)22)21(28)26-16-3-5-17(6-4-16)27-13-15(11-25-27)19-12-23-8-9-24-19/h2,7-13,16-17H,3-6H2,1H3,(H,26,28). The summed E-state index contributed by atoms with van der Waals surface area (Å²) in [7, 11) is 1.55. The Bertz CT molecular complexity index is 984. The van der Waals surface area contributed by atoms with Gasteiger partial charge in [0, 0.05) is 35.8 Å². The lowest BCUT2D eigenvalue weighted by molar-refractivity contribution is 0.0921. The summed E-state index contributed by atoms with van der Waals surface area (Å²) in [6.45, 7) is 0. The minimum atomic E-state index is -0.109. The Balaban J connectivity index is 1.33. The summed E-state index contributed by atoms with van der Waals surface area (Å²) in [6, 6.07) is 5.54. The van der Waals surface area contributed by atoms with Gasteiger partial charge in [0.05, 0.1) is 36.3 Å². The van der Waals surface area contributed by atoms with Crippen LogP contribution in [0.5, 0.6) is 5.75 Å². The molecular formula is C21H22ClN5O2. The first-order chi connectivity index (χ1) is 14.1. The van der Waals surface area contributed by atoms with Gasteiger partial charge >= 0.3 is 0 Å². The van der Waals surface area contributed by atoms with Gasteiger partial charge in [0.2, 0.25) is 0 Å². The number of nitrogens with one attached hydrogen (secondary N) is 1. The molecular weight excluding hydrogens is 390 g/mol. The molecule has 2 aromatic heterocycles. The average molecular weight is 412 g/mol. The van der Waals surface area contributed by atoms with Crippen molar-refractivity contribution < 1.29 is 9.53 Å². The van der Waals surface area contributed by atoms with Gasteiger partial charge in [0.25, 0.3) is 5.91 Å². The van der Waals surface area contributed by atoms with Crippen LogP contribution in [-0.2, 0) is 0 Å². The molecule has 1 fully saturated rings. The topological polar surface area (TPSA) is 81.9 Å². The fourth-order valence-corrected chi connectivity index (χ4v) is 3.94. The van der Waals surface area contributed by atoms with Crippen molar-refractivity contribution in [2.75, 3.05) is 7.11 Å². The van der Waals surface area contributed by atoms with Gasteiger partial charge in [-0.15, -0.1) is 0 Å². The molecule has 7 nitrogen and oxygen atoms in total. The highest BCUT2D eigenvalue weighted by Gasteiger charge is 2.24. The van der Waals surface area contributed by atoms with E-state index in [0.717, 1.165) is 36.9 Å². The number of carbonyl (C=O) groups is 1. The van der Waals surface area contributed by atoms with Gasteiger partial charge in [-0.3, -0.25) is 19.4 Å². The molecule has 150 valence electrons. The molecule has 0 bridgehead atoms. The van der Waals surface area contributed by atoms with Crippen LogP contribution in [0.2, 0.25) is 5.02 Å². The van der Waals surface area contributed by atoms with E-state index in [1.807, 2.05) is 17.1 Å². The first-order valence-electron chi connectivity index (χ1n) is 9.59. The van der Waals surface area contributed by atoms with Gasteiger partial charge < -0.3 is 10.1 Å². The quantitative estimate of drug-likeness (QED) is 0.688. The van der Waals surface area contributed by atoms with Crippen molar-refractivity contribution in [2.24, 2.45) is 0 Å². The van der Waals surface area contributed by atoms with Crippen LogP contribution in [0.3, 0.4) is 0 Å². The van der Waals surface area contributed by atoms with Crippen molar-refractivity contribution in [2.45, 2.75) is 37.8 Å². The van der Waals surface area contributed by atoms with Crippen molar-refractivity contribution in [1.29, 1.82) is 0 Å². The van der Waals surface area contributed by atoms with Gasteiger partial charge in [0.1, 0.15) is 5.75 Å². The minimum Gasteiger partial charge on any atom is -0.495 e. The zero-order chi connectivity index (χ0) is 20.2. The van der Waals surface area contributed by atoms with Crippen LogP contribution in [0, 0.1) is 0 Å². The number of aromatic nitrogens is 4. The maximum absolute atomic E-state index is 12.5. The van der Waals surface area contributed by atoms with E-state index in [1.165, 1.54) is 0 Å². The predicted molar refractivity (Wildman–Crippen MR) is 110 cm³/mol. The number of nitrogens with zero attached hydrogens (tertiary/aromatic N) is 4. The maximum atomic E-state index is 12.5. The summed E-state index contributed by atoms with van der Waals surface area (Å²) in [5, 5.41) is 8.06. The lowest BCUT2D eigenvalue weighted by atomic mass is 9.91. The number of rotatable bonds is 5. The summed E-state index contributed by atoms with van der Waals surface area (Å²) in [5.41, 5.74) is 2.32. The SMILES string of the molecule is COc1ccc(C(=O)NC2CCC(n3cc(-c4cnccn4)cn3)CC2)cc1Cl. The van der Waals surface area contributed by atoms with Crippen LogP contribution in [0.25, 0.3) is 11.3 Å². The van der Waals surface area contributed by atoms with Crippen LogP contribution in [-0.4, -0.2) is 38.8 Å². The molecule has 0 atom stereocenters. The smallest absolute Gasteiger partial charge is 0.251 e. The second kappa shape index (κ2) is 8.61. The second-order valence-corrected chi connectivity index (χ2v) is 7.54. The maximum Gasteiger partial charge on any atom is 0.251 e. The largest absolute Gasteiger partial charge is 0.495 e. The summed E-state index contributed by atoms with van der Waals surface area (Å²) in [6.07, 6.45) is 12.6. The third kappa shape index (κ3) is 4.40. The summed E-state index contributed by atoms with van der Waals surface area (Å²) < 4.78 is 7.14. The van der Waals surface area contributed by atoms with Gasteiger partial charge in [-0.25, -0.2) is 0 Å².